The van der Waals surface area contributed by atoms with Crippen molar-refractivity contribution in [3.05, 3.63) is 11.5 Å². The van der Waals surface area contributed by atoms with Gasteiger partial charge in [-0.05, 0) is 27.8 Å². The maximum atomic E-state index is 11.5. The third-order valence-corrected chi connectivity index (χ3v) is 3.23. The Labute approximate surface area is 212 Å². The van der Waals surface area contributed by atoms with Crippen LogP contribution in [-0.2, 0) is 75.5 Å². The van der Waals surface area contributed by atoms with Crippen molar-refractivity contribution < 1.29 is 80.3 Å². The van der Waals surface area contributed by atoms with E-state index in [9.17, 15) is 14.4 Å². The van der Waals surface area contributed by atoms with E-state index in [0.29, 0.717) is 0 Å². The summed E-state index contributed by atoms with van der Waals surface area (Å²) in [5.41, 5.74) is 12.8. The molecule has 4 unspecified atom stereocenters. The number of ether oxygens (including phenoxy) is 6. The average Bonchev–Trinajstić information content (AvgIpc) is 2.69. The van der Waals surface area contributed by atoms with Gasteiger partial charge in [-0.15, -0.1) is 0 Å². The summed E-state index contributed by atoms with van der Waals surface area (Å²) < 4.78 is 30.2. The van der Waals surface area contributed by atoms with Crippen molar-refractivity contribution in [1.82, 2.24) is 10.6 Å². The van der Waals surface area contributed by atoms with Gasteiger partial charge >= 0.3 is 11.9 Å². The van der Waals surface area contributed by atoms with Crippen LogP contribution in [0, 0.1) is 0 Å². The van der Waals surface area contributed by atoms with E-state index in [1.807, 2.05) is 0 Å². The molecule has 15 heteroatoms. The zero-order valence-electron chi connectivity index (χ0n) is 19.1. The summed E-state index contributed by atoms with van der Waals surface area (Å²) >= 11 is 0. The average molecular weight is 541 g/mol. The summed E-state index contributed by atoms with van der Waals surface area (Å²) in [5, 5.41) is 4.83. The van der Waals surface area contributed by atoms with Gasteiger partial charge in [0, 0.05) is 38.6 Å². The molecule has 32 heavy (non-hydrogen) atoms. The Morgan fingerprint density at radius 1 is 0.812 bits per heavy atom. The molecule has 0 aromatic heterocycles. The molecule has 0 spiro atoms. The van der Waals surface area contributed by atoms with Gasteiger partial charge in [-0.1, -0.05) is 0 Å². The number of amides is 3. The van der Waals surface area contributed by atoms with Crippen LogP contribution in [0.4, 0.5) is 4.79 Å². The number of nitrogens with one attached hydrogen (secondary N) is 4. The van der Waals surface area contributed by atoms with Crippen LogP contribution in [0.1, 0.15) is 20.8 Å². The first-order valence-electron chi connectivity index (χ1n) is 9.01. The van der Waals surface area contributed by atoms with Crippen molar-refractivity contribution in [2.24, 2.45) is 0 Å². The SMILES string of the molecule is CC([NH-])=O.CNC(COC(C)OCOC(C)OCC(NC([NH-])=O)C(=O)OC)C(=O)OC.[Y]. The van der Waals surface area contributed by atoms with E-state index in [1.54, 1.807) is 20.9 Å². The zero-order chi connectivity index (χ0) is 24.4. The largest absolute Gasteiger partial charge is 0.668 e. The molecule has 0 aromatic rings. The number of esters is 2. The van der Waals surface area contributed by atoms with Crippen molar-refractivity contribution in [3.63, 3.8) is 0 Å². The van der Waals surface area contributed by atoms with Gasteiger partial charge in [0.15, 0.2) is 25.4 Å². The first-order valence-corrected chi connectivity index (χ1v) is 9.01. The molecule has 0 aliphatic carbocycles. The summed E-state index contributed by atoms with van der Waals surface area (Å²) in [7, 11) is 4.03. The van der Waals surface area contributed by atoms with E-state index in [4.69, 9.17) is 35.2 Å². The molecule has 0 bridgehead atoms. The Morgan fingerprint density at radius 2 is 1.19 bits per heavy atom. The zero-order valence-corrected chi connectivity index (χ0v) is 21.9. The van der Waals surface area contributed by atoms with Crippen molar-refractivity contribution in [1.29, 1.82) is 0 Å². The maximum absolute atomic E-state index is 11.5. The molecular formula is C17H32N4O10Y-2. The number of hydrogen-bond acceptors (Lipinski definition) is 11. The molecule has 0 fully saturated rings. The van der Waals surface area contributed by atoms with Crippen LogP contribution < -0.4 is 10.6 Å². The molecule has 0 aromatic carbocycles. The van der Waals surface area contributed by atoms with Gasteiger partial charge < -0.3 is 55.3 Å². The van der Waals surface area contributed by atoms with E-state index >= 15 is 0 Å². The third kappa shape index (κ3) is 20.5. The number of carbonyl (C=O) groups excluding carboxylic acids is 4. The summed E-state index contributed by atoms with van der Waals surface area (Å²) in [4.78, 5) is 42.7. The van der Waals surface area contributed by atoms with Crippen molar-refractivity contribution >= 4 is 23.9 Å². The van der Waals surface area contributed by atoms with Crippen LogP contribution >= 0.6 is 0 Å². The Bertz CT molecular complexity index is 551. The van der Waals surface area contributed by atoms with Crippen LogP contribution in [0.15, 0.2) is 0 Å². The van der Waals surface area contributed by atoms with Gasteiger partial charge in [-0.25, -0.2) is 0 Å². The van der Waals surface area contributed by atoms with E-state index in [2.05, 4.69) is 20.1 Å². The number of carbonyl (C=O) groups is 4. The van der Waals surface area contributed by atoms with Gasteiger partial charge in [-0.3, -0.25) is 14.4 Å². The molecule has 3 amide bonds. The number of likely N-dealkylation sites (N-methyl/N-ethyl adjacent to an activating group) is 1. The third-order valence-electron chi connectivity index (χ3n) is 3.23. The normalized spacial score (nSPS) is 13.7. The summed E-state index contributed by atoms with van der Waals surface area (Å²) in [6.45, 7) is 3.99. The van der Waals surface area contributed by atoms with E-state index in [0.717, 1.165) is 7.11 Å². The van der Waals surface area contributed by atoms with Crippen molar-refractivity contribution in [2.75, 3.05) is 41.3 Å². The van der Waals surface area contributed by atoms with Crippen LogP contribution in [0.3, 0.4) is 0 Å². The second-order valence-corrected chi connectivity index (χ2v) is 5.72. The Hall–Kier alpha value is -1.42. The van der Waals surface area contributed by atoms with Gasteiger partial charge in [0.05, 0.1) is 33.5 Å². The summed E-state index contributed by atoms with van der Waals surface area (Å²) in [6, 6.07) is -2.87. The second-order valence-electron chi connectivity index (χ2n) is 5.72. The molecule has 0 aliphatic heterocycles. The fraction of sp³-hybridized carbons (Fsp3) is 0.765. The van der Waals surface area contributed by atoms with Crippen LogP contribution in [0.2, 0.25) is 0 Å². The molecule has 0 heterocycles. The smallest absolute Gasteiger partial charge is 0.325 e. The van der Waals surface area contributed by atoms with E-state index < -0.39 is 48.5 Å². The van der Waals surface area contributed by atoms with Gasteiger partial charge in [-0.2, -0.15) is 0 Å². The molecule has 4 N–H and O–H groups in total. The maximum Gasteiger partial charge on any atom is 0.325 e. The molecule has 14 nitrogen and oxygen atoms in total. The number of methoxy groups -OCH3 is 2. The Kier molecular flexibility index (Phi) is 23.6. The van der Waals surface area contributed by atoms with Crippen LogP contribution in [-0.4, -0.2) is 89.8 Å². The Morgan fingerprint density at radius 3 is 1.53 bits per heavy atom. The first kappa shape index (κ1) is 35.2. The topological polar surface area (TPSA) is 195 Å². The van der Waals surface area contributed by atoms with Crippen molar-refractivity contribution in [3.8, 4) is 0 Å². The van der Waals surface area contributed by atoms with Gasteiger partial charge in [0.1, 0.15) is 6.04 Å². The Balaban J connectivity index is -0.00000154. The van der Waals surface area contributed by atoms with Crippen LogP contribution in [0.5, 0.6) is 0 Å². The predicted octanol–water partition coefficient (Wildman–Crippen LogP) is 0.349. The quantitative estimate of drug-likeness (QED) is 0.227. The molecule has 0 aliphatic rings. The minimum atomic E-state index is -1.14. The predicted molar refractivity (Wildman–Crippen MR) is 106 cm³/mol. The minimum Gasteiger partial charge on any atom is -0.668 e. The first-order chi connectivity index (χ1) is 14.5. The van der Waals surface area contributed by atoms with Crippen LogP contribution in [0.25, 0.3) is 11.5 Å². The fourth-order valence-corrected chi connectivity index (χ4v) is 1.67. The molecule has 185 valence electrons. The number of urea groups is 1. The standard InChI is InChI=1S/C15H29N3O9.C2H5NO.Y/c1-9(24-6-11(17-3)13(19)22-4)26-8-27-10(2)25-7-12(14(20)23-5)18-15(16)21;1-2(3)4;/h9-12,17H,6-8H2,1-5H3,(H3,16,18,21);1H3,(H2,3,4);/p-2. The molecule has 0 rings (SSSR count). The van der Waals surface area contributed by atoms with E-state index in [-0.39, 0.29) is 52.7 Å². The minimum absolute atomic E-state index is 0. The summed E-state index contributed by atoms with van der Waals surface area (Å²) in [5.74, 6) is -1.78. The number of hydrogen-bond donors (Lipinski definition) is 2. The van der Waals surface area contributed by atoms with Crippen molar-refractivity contribution in [2.45, 2.75) is 45.4 Å². The second kappa shape index (κ2) is 21.4. The molecular weight excluding hydrogens is 509 g/mol. The van der Waals surface area contributed by atoms with Gasteiger partial charge in [0.25, 0.3) is 0 Å². The molecule has 1 radical (unpaired) electrons. The fourth-order valence-electron chi connectivity index (χ4n) is 1.67. The monoisotopic (exact) mass is 541 g/mol. The molecule has 4 atom stereocenters. The van der Waals surface area contributed by atoms with Gasteiger partial charge in [0.2, 0.25) is 0 Å². The van der Waals surface area contributed by atoms with E-state index in [1.165, 1.54) is 14.0 Å². The number of rotatable bonds is 14. The molecule has 0 saturated carbocycles. The molecule has 0 saturated heterocycles. The summed E-state index contributed by atoms with van der Waals surface area (Å²) in [6.07, 6.45) is -1.43.